The van der Waals surface area contributed by atoms with Gasteiger partial charge in [0.15, 0.2) is 5.96 Å². The van der Waals surface area contributed by atoms with Crippen molar-refractivity contribution in [2.45, 2.75) is 75.0 Å². The summed E-state index contributed by atoms with van der Waals surface area (Å²) in [6.07, 6.45) is 2.43. The number of guanidine groups is 2. The number of para-hydroxylation sites is 1. The Morgan fingerprint density at radius 3 is 2.79 bits per heavy atom. The Kier molecular flexibility index (Phi) is 6.73. The highest BCUT2D eigenvalue weighted by atomic mass is 16.5. The topological polar surface area (TPSA) is 211 Å². The first-order chi connectivity index (χ1) is 20.3. The molecule has 15 heteroatoms. The number of benzene rings is 1. The smallest absolute Gasteiger partial charge is 0.346 e. The van der Waals surface area contributed by atoms with Crippen LogP contribution in [0.25, 0.3) is 0 Å². The number of carbonyl (C=O) groups excluding carboxylic acids is 3. The summed E-state index contributed by atoms with van der Waals surface area (Å²) >= 11 is 0. The van der Waals surface area contributed by atoms with Gasteiger partial charge in [0.25, 0.3) is 5.91 Å². The highest BCUT2D eigenvalue weighted by Gasteiger charge is 2.75. The Morgan fingerprint density at radius 2 is 2.05 bits per heavy atom. The van der Waals surface area contributed by atoms with Gasteiger partial charge in [0.1, 0.15) is 30.4 Å². The fourth-order valence-corrected chi connectivity index (χ4v) is 6.98. The van der Waals surface area contributed by atoms with E-state index in [2.05, 4.69) is 34.8 Å². The first kappa shape index (κ1) is 29.0. The predicted molar refractivity (Wildman–Crippen MR) is 154 cm³/mol. The van der Waals surface area contributed by atoms with Crippen molar-refractivity contribution in [3.8, 4) is 5.75 Å². The fraction of sp³-hybridized carbons (Fsp3) is 0.607. The SMILES string of the molecule is CCCCN1CC(=O)N(C[C@@H]2NC(N)=[N+]3CC(NC(=O)c4cccc5c4OCCC5(C)C)C(O)(O)C34NC(N)=NC24)C1=O. The van der Waals surface area contributed by atoms with Crippen LogP contribution in [0.15, 0.2) is 23.2 Å². The molecule has 2 saturated heterocycles. The highest BCUT2D eigenvalue weighted by molar-refractivity contribution is 6.02. The van der Waals surface area contributed by atoms with E-state index in [4.69, 9.17) is 16.2 Å². The van der Waals surface area contributed by atoms with Gasteiger partial charge in [-0.15, -0.1) is 0 Å². The maximum Gasteiger partial charge on any atom is 0.346 e. The molecular weight excluding hydrogens is 558 g/mol. The van der Waals surface area contributed by atoms with Gasteiger partial charge in [0.2, 0.25) is 17.4 Å². The lowest BCUT2D eigenvalue weighted by Crippen LogP contribution is -2.79. The number of imide groups is 1. The van der Waals surface area contributed by atoms with Crippen LogP contribution in [-0.2, 0) is 10.2 Å². The van der Waals surface area contributed by atoms with Crippen LogP contribution in [0.5, 0.6) is 5.75 Å². The van der Waals surface area contributed by atoms with Gasteiger partial charge in [-0.1, -0.05) is 39.3 Å². The van der Waals surface area contributed by atoms with E-state index in [-0.39, 0.29) is 48.4 Å². The van der Waals surface area contributed by atoms with E-state index < -0.39 is 41.5 Å². The van der Waals surface area contributed by atoms with E-state index in [1.807, 2.05) is 13.0 Å². The number of aliphatic hydroxyl groups is 2. The van der Waals surface area contributed by atoms with E-state index in [1.54, 1.807) is 12.1 Å². The first-order valence-electron chi connectivity index (χ1n) is 14.7. The van der Waals surface area contributed by atoms with Crippen molar-refractivity contribution in [3.63, 3.8) is 0 Å². The molecule has 1 aromatic rings. The van der Waals surface area contributed by atoms with Crippen molar-refractivity contribution in [2.75, 3.05) is 32.8 Å². The molecule has 4 atom stereocenters. The second kappa shape index (κ2) is 9.98. The van der Waals surface area contributed by atoms with Crippen LogP contribution in [0.4, 0.5) is 4.79 Å². The standard InChI is InChI=1S/C28H39N9O6/c1-4-5-10-35-14-19(38)36(25(35)40)12-17-21-27(34-23(29)33-21)28(41,42)18(13-37(27)24(30)31-17)32-22(39)15-7-6-8-16-20(15)43-11-9-26(16,2)3/h6-8,17-18,21,41-42H,4-5,9-14H2,1-3H3,(H6,29,30,31,32,33,34,39)/p+1/t17-,18?,21?,27?/m0/s1. The molecule has 4 amide bonds. The van der Waals surface area contributed by atoms with Gasteiger partial charge in [0, 0.05) is 12.1 Å². The zero-order valence-electron chi connectivity index (χ0n) is 24.6. The summed E-state index contributed by atoms with van der Waals surface area (Å²) in [6, 6.07) is 1.85. The second-order valence-corrected chi connectivity index (χ2v) is 12.6. The van der Waals surface area contributed by atoms with Gasteiger partial charge in [0.05, 0.1) is 25.3 Å². The van der Waals surface area contributed by atoms with E-state index in [0.717, 1.165) is 29.7 Å². The Labute approximate surface area is 248 Å². The summed E-state index contributed by atoms with van der Waals surface area (Å²) < 4.78 is 7.38. The van der Waals surface area contributed by atoms with Crippen LogP contribution in [-0.4, -0.2) is 117 Å². The normalized spacial score (nSPS) is 30.2. The van der Waals surface area contributed by atoms with E-state index in [1.165, 1.54) is 9.48 Å². The lowest BCUT2D eigenvalue weighted by Gasteiger charge is -2.44. The van der Waals surface area contributed by atoms with Crippen LogP contribution < -0.4 is 32.2 Å². The monoisotopic (exact) mass is 598 g/mol. The lowest BCUT2D eigenvalue weighted by molar-refractivity contribution is -0.623. The van der Waals surface area contributed by atoms with Crippen LogP contribution >= 0.6 is 0 Å². The average Bonchev–Trinajstić information content (AvgIpc) is 3.52. The molecule has 2 fully saturated rings. The van der Waals surface area contributed by atoms with Gasteiger partial charge in [-0.05, 0) is 24.3 Å². The molecule has 9 N–H and O–H groups in total. The number of hydrogen-bond donors (Lipinski definition) is 7. The molecule has 3 unspecified atom stereocenters. The molecule has 43 heavy (non-hydrogen) atoms. The number of hydrogen-bond acceptors (Lipinski definition) is 11. The predicted octanol–water partition coefficient (Wildman–Crippen LogP) is -2.11. The van der Waals surface area contributed by atoms with Crippen molar-refractivity contribution in [3.05, 3.63) is 29.3 Å². The number of amides is 4. The third kappa shape index (κ3) is 4.27. The molecule has 1 spiro atoms. The quantitative estimate of drug-likeness (QED) is 0.103. The number of aliphatic imine (C=N–C) groups is 1. The second-order valence-electron chi connectivity index (χ2n) is 12.6. The van der Waals surface area contributed by atoms with E-state index >= 15 is 0 Å². The van der Waals surface area contributed by atoms with Crippen LogP contribution in [0.1, 0.15) is 56.0 Å². The number of ether oxygens (including phenoxy) is 1. The summed E-state index contributed by atoms with van der Waals surface area (Å²) in [5.74, 6) is -3.12. The van der Waals surface area contributed by atoms with Crippen LogP contribution in [0.3, 0.4) is 0 Å². The lowest BCUT2D eigenvalue weighted by atomic mass is 9.79. The minimum Gasteiger partial charge on any atom is -0.492 e. The Bertz CT molecular complexity index is 1440. The third-order valence-electron chi connectivity index (χ3n) is 9.42. The largest absolute Gasteiger partial charge is 0.492 e. The van der Waals surface area contributed by atoms with Crippen molar-refractivity contribution in [1.29, 1.82) is 0 Å². The Balaban J connectivity index is 1.28. The number of carbonyl (C=O) groups is 3. The minimum atomic E-state index is -2.65. The van der Waals surface area contributed by atoms with Crippen molar-refractivity contribution in [2.24, 2.45) is 16.5 Å². The Hall–Kier alpha value is -4.11. The molecule has 0 aliphatic carbocycles. The molecule has 5 aliphatic rings. The van der Waals surface area contributed by atoms with Crippen molar-refractivity contribution >= 4 is 29.8 Å². The summed E-state index contributed by atoms with van der Waals surface area (Å²) in [7, 11) is 0. The molecule has 5 aliphatic heterocycles. The average molecular weight is 599 g/mol. The highest BCUT2D eigenvalue weighted by Crippen LogP contribution is 2.43. The zero-order chi connectivity index (χ0) is 30.9. The molecule has 0 radical (unpaired) electrons. The van der Waals surface area contributed by atoms with E-state index in [9.17, 15) is 24.6 Å². The minimum absolute atomic E-state index is 0.0293. The number of nitrogens with one attached hydrogen (secondary N) is 3. The summed E-state index contributed by atoms with van der Waals surface area (Å²) in [4.78, 5) is 46.6. The van der Waals surface area contributed by atoms with Crippen molar-refractivity contribution in [1.82, 2.24) is 25.8 Å². The molecular formula is C28H40N9O6+. The number of urea groups is 1. The molecule has 0 saturated carbocycles. The number of unbranched alkanes of at least 4 members (excludes halogenated alkanes) is 1. The van der Waals surface area contributed by atoms with Gasteiger partial charge in [-0.25, -0.2) is 14.4 Å². The van der Waals surface area contributed by atoms with Gasteiger partial charge in [-0.3, -0.25) is 25.5 Å². The number of rotatable bonds is 7. The maximum atomic E-state index is 13.6. The first-order valence-corrected chi connectivity index (χ1v) is 14.7. The molecule has 5 heterocycles. The zero-order valence-corrected chi connectivity index (χ0v) is 24.6. The van der Waals surface area contributed by atoms with Crippen LogP contribution in [0.2, 0.25) is 0 Å². The van der Waals surface area contributed by atoms with Crippen molar-refractivity contribution < 1.29 is 33.9 Å². The number of nitrogens with two attached hydrogens (primary N) is 2. The fourth-order valence-electron chi connectivity index (χ4n) is 6.98. The number of nitrogens with zero attached hydrogens (tertiary/aromatic N) is 4. The third-order valence-corrected chi connectivity index (χ3v) is 9.42. The maximum absolute atomic E-state index is 13.6. The van der Waals surface area contributed by atoms with Gasteiger partial charge in [-0.2, -0.15) is 0 Å². The van der Waals surface area contributed by atoms with Crippen LogP contribution in [0, 0.1) is 0 Å². The molecule has 0 aromatic heterocycles. The van der Waals surface area contributed by atoms with E-state index in [0.29, 0.717) is 18.9 Å². The number of fused-ring (bicyclic) bond motifs is 1. The van der Waals surface area contributed by atoms with Gasteiger partial charge >= 0.3 is 12.0 Å². The summed E-state index contributed by atoms with van der Waals surface area (Å²) in [6.45, 7) is 6.82. The molecule has 1 aromatic carbocycles. The summed E-state index contributed by atoms with van der Waals surface area (Å²) in [5.41, 5.74) is 11.7. The molecule has 0 bridgehead atoms. The van der Waals surface area contributed by atoms with Gasteiger partial charge < -0.3 is 36.2 Å². The molecule has 6 rings (SSSR count). The Morgan fingerprint density at radius 1 is 1.28 bits per heavy atom. The molecule has 15 nitrogen and oxygen atoms in total. The molecule has 232 valence electrons. The summed E-state index contributed by atoms with van der Waals surface area (Å²) in [5, 5.41) is 32.4.